The van der Waals surface area contributed by atoms with Gasteiger partial charge in [0, 0.05) is 12.6 Å². The van der Waals surface area contributed by atoms with E-state index in [4.69, 9.17) is 4.84 Å². The van der Waals surface area contributed by atoms with Gasteiger partial charge in [-0.2, -0.15) is 5.10 Å². The fraction of sp³-hybridized carbons (Fsp3) is 0.158. The van der Waals surface area contributed by atoms with E-state index in [1.165, 1.54) is 13.1 Å². The molecule has 2 amide bonds. The molecular weight excluding hydrogens is 332 g/mol. The Bertz CT molecular complexity index is 799. The standard InChI is InChI=1S/C19H20N4O3/c1-14(17-8-10-18(11-9-17)21-15(2)24)22-23-19(25)13-26-20-12-16-6-4-3-5-7-16/h3-12H,13H2,1-2H3,(H,21,24)(H,23,25)/b20-12-,22-14+. The lowest BCUT2D eigenvalue weighted by Gasteiger charge is -2.05. The van der Waals surface area contributed by atoms with Gasteiger partial charge in [-0.05, 0) is 30.2 Å². The Morgan fingerprint density at radius 3 is 2.38 bits per heavy atom. The van der Waals surface area contributed by atoms with Crippen LogP contribution in [-0.4, -0.2) is 30.3 Å². The van der Waals surface area contributed by atoms with Crippen molar-refractivity contribution >= 4 is 29.4 Å². The molecule has 0 spiro atoms. The number of oxime groups is 1. The fourth-order valence-electron chi connectivity index (χ4n) is 1.97. The molecule has 0 aliphatic rings. The molecule has 2 N–H and O–H groups in total. The van der Waals surface area contributed by atoms with Gasteiger partial charge in [-0.25, -0.2) is 5.43 Å². The van der Waals surface area contributed by atoms with Crippen molar-refractivity contribution in [3.63, 3.8) is 0 Å². The number of hydrogen-bond donors (Lipinski definition) is 2. The van der Waals surface area contributed by atoms with Crippen LogP contribution in [0.3, 0.4) is 0 Å². The van der Waals surface area contributed by atoms with Gasteiger partial charge >= 0.3 is 0 Å². The van der Waals surface area contributed by atoms with Crippen molar-refractivity contribution in [2.45, 2.75) is 13.8 Å². The molecule has 7 heteroatoms. The zero-order chi connectivity index (χ0) is 18.8. The van der Waals surface area contributed by atoms with Crippen LogP contribution in [0.1, 0.15) is 25.0 Å². The Morgan fingerprint density at radius 1 is 1.04 bits per heavy atom. The van der Waals surface area contributed by atoms with Crippen LogP contribution in [-0.2, 0) is 14.4 Å². The number of carbonyl (C=O) groups excluding carboxylic acids is 2. The lowest BCUT2D eigenvalue weighted by Crippen LogP contribution is -2.23. The number of anilines is 1. The largest absolute Gasteiger partial charge is 0.386 e. The Balaban J connectivity index is 1.79. The third-order valence-electron chi connectivity index (χ3n) is 3.24. The minimum Gasteiger partial charge on any atom is -0.386 e. The summed E-state index contributed by atoms with van der Waals surface area (Å²) in [5.41, 5.74) is 5.43. The van der Waals surface area contributed by atoms with Gasteiger partial charge in [0.15, 0.2) is 6.61 Å². The molecule has 0 radical (unpaired) electrons. The summed E-state index contributed by atoms with van der Waals surface area (Å²) in [6.07, 6.45) is 1.53. The molecule has 0 aromatic heterocycles. The molecule has 0 unspecified atom stereocenters. The summed E-state index contributed by atoms with van der Waals surface area (Å²) in [6, 6.07) is 16.5. The molecule has 0 heterocycles. The molecule has 2 aromatic rings. The van der Waals surface area contributed by atoms with Crippen LogP contribution in [0.2, 0.25) is 0 Å². The number of carbonyl (C=O) groups is 2. The molecule has 2 rings (SSSR count). The van der Waals surface area contributed by atoms with Crippen LogP contribution in [0.15, 0.2) is 64.9 Å². The molecule has 0 fully saturated rings. The Labute approximate surface area is 151 Å². The molecule has 2 aromatic carbocycles. The minimum atomic E-state index is -0.413. The number of rotatable bonds is 7. The smallest absolute Gasteiger partial charge is 0.280 e. The lowest BCUT2D eigenvalue weighted by molar-refractivity contribution is -0.125. The predicted octanol–water partition coefficient (Wildman–Crippen LogP) is 2.54. The van der Waals surface area contributed by atoms with Gasteiger partial charge in [0.2, 0.25) is 5.91 Å². The lowest BCUT2D eigenvalue weighted by atomic mass is 10.1. The molecule has 0 aliphatic carbocycles. The number of amides is 2. The highest BCUT2D eigenvalue weighted by Crippen LogP contribution is 2.10. The summed E-state index contributed by atoms with van der Waals surface area (Å²) in [5.74, 6) is -0.547. The van der Waals surface area contributed by atoms with Crippen LogP contribution in [0.25, 0.3) is 0 Å². The number of hydrazone groups is 1. The van der Waals surface area contributed by atoms with Gasteiger partial charge in [0.1, 0.15) is 0 Å². The second-order valence-corrected chi connectivity index (χ2v) is 5.41. The SMILES string of the molecule is CC(=O)Nc1ccc(/C(C)=N/NC(=O)CO/N=C\c2ccccc2)cc1. The molecule has 134 valence electrons. The van der Waals surface area contributed by atoms with Crippen molar-refractivity contribution in [1.29, 1.82) is 0 Å². The average molecular weight is 352 g/mol. The normalized spacial score (nSPS) is 11.2. The van der Waals surface area contributed by atoms with E-state index >= 15 is 0 Å². The first-order valence-corrected chi connectivity index (χ1v) is 7.96. The topological polar surface area (TPSA) is 92.2 Å². The van der Waals surface area contributed by atoms with E-state index in [0.717, 1.165) is 11.1 Å². The van der Waals surface area contributed by atoms with Crippen LogP contribution < -0.4 is 10.7 Å². The van der Waals surface area contributed by atoms with Crippen LogP contribution in [0, 0.1) is 0 Å². The minimum absolute atomic E-state index is 0.134. The van der Waals surface area contributed by atoms with Crippen molar-refractivity contribution in [2.24, 2.45) is 10.3 Å². The van der Waals surface area contributed by atoms with Crippen LogP contribution in [0.4, 0.5) is 5.69 Å². The quantitative estimate of drug-likeness (QED) is 0.592. The molecular formula is C19H20N4O3. The molecule has 0 bridgehead atoms. The maximum atomic E-state index is 11.7. The summed E-state index contributed by atoms with van der Waals surface area (Å²) in [7, 11) is 0. The van der Waals surface area contributed by atoms with E-state index in [2.05, 4.69) is 21.0 Å². The highest BCUT2D eigenvalue weighted by Gasteiger charge is 2.02. The number of nitrogens with one attached hydrogen (secondary N) is 2. The Kier molecular flexibility index (Phi) is 7.05. The monoisotopic (exact) mass is 352 g/mol. The van der Waals surface area contributed by atoms with Crippen molar-refractivity contribution in [3.8, 4) is 0 Å². The third-order valence-corrected chi connectivity index (χ3v) is 3.24. The predicted molar refractivity (Wildman–Crippen MR) is 101 cm³/mol. The fourth-order valence-corrected chi connectivity index (χ4v) is 1.97. The molecule has 26 heavy (non-hydrogen) atoms. The third kappa shape index (κ3) is 6.56. The maximum absolute atomic E-state index is 11.7. The first-order chi connectivity index (χ1) is 12.5. The Morgan fingerprint density at radius 2 is 1.73 bits per heavy atom. The molecule has 7 nitrogen and oxygen atoms in total. The van der Waals surface area contributed by atoms with Gasteiger partial charge in [0.25, 0.3) is 5.91 Å². The molecule has 0 saturated heterocycles. The van der Waals surface area contributed by atoms with Crippen LogP contribution in [0.5, 0.6) is 0 Å². The van der Waals surface area contributed by atoms with Gasteiger partial charge in [-0.1, -0.05) is 47.6 Å². The molecule has 0 saturated carbocycles. The van der Waals surface area contributed by atoms with Crippen molar-refractivity contribution in [1.82, 2.24) is 5.43 Å². The van der Waals surface area contributed by atoms with Crippen molar-refractivity contribution in [2.75, 3.05) is 11.9 Å². The van der Waals surface area contributed by atoms with E-state index in [9.17, 15) is 9.59 Å². The van der Waals surface area contributed by atoms with Crippen LogP contribution >= 0.6 is 0 Å². The van der Waals surface area contributed by atoms with Crippen molar-refractivity contribution in [3.05, 3.63) is 65.7 Å². The zero-order valence-electron chi connectivity index (χ0n) is 14.6. The van der Waals surface area contributed by atoms with Gasteiger partial charge < -0.3 is 10.2 Å². The van der Waals surface area contributed by atoms with E-state index in [-0.39, 0.29) is 12.5 Å². The highest BCUT2D eigenvalue weighted by molar-refractivity contribution is 6.00. The summed E-state index contributed by atoms with van der Waals surface area (Å²) < 4.78 is 0. The number of nitrogens with zero attached hydrogens (tertiary/aromatic N) is 2. The van der Waals surface area contributed by atoms with Gasteiger partial charge in [-0.15, -0.1) is 0 Å². The van der Waals surface area contributed by atoms with E-state index < -0.39 is 5.91 Å². The van der Waals surface area contributed by atoms with Gasteiger partial charge in [-0.3, -0.25) is 9.59 Å². The second-order valence-electron chi connectivity index (χ2n) is 5.41. The highest BCUT2D eigenvalue weighted by atomic mass is 16.6. The zero-order valence-corrected chi connectivity index (χ0v) is 14.6. The average Bonchev–Trinajstić information content (AvgIpc) is 2.64. The number of hydrogen-bond acceptors (Lipinski definition) is 5. The summed E-state index contributed by atoms with van der Waals surface area (Å²) in [6.45, 7) is 2.98. The first-order valence-electron chi connectivity index (χ1n) is 7.96. The number of benzene rings is 2. The van der Waals surface area contributed by atoms with E-state index in [1.54, 1.807) is 31.2 Å². The second kappa shape index (κ2) is 9.73. The van der Waals surface area contributed by atoms with Gasteiger partial charge in [0.05, 0.1) is 11.9 Å². The summed E-state index contributed by atoms with van der Waals surface area (Å²) >= 11 is 0. The maximum Gasteiger partial charge on any atom is 0.280 e. The summed E-state index contributed by atoms with van der Waals surface area (Å²) in [4.78, 5) is 27.6. The molecule has 0 atom stereocenters. The van der Waals surface area contributed by atoms with Crippen molar-refractivity contribution < 1.29 is 14.4 Å². The Hall–Kier alpha value is -3.48. The summed E-state index contributed by atoms with van der Waals surface area (Å²) in [5, 5.41) is 10.4. The first kappa shape index (κ1) is 18.9. The van der Waals surface area contributed by atoms with E-state index in [1.807, 2.05) is 30.3 Å². The molecule has 0 aliphatic heterocycles. The van der Waals surface area contributed by atoms with E-state index in [0.29, 0.717) is 11.4 Å².